The van der Waals surface area contributed by atoms with Crippen LogP contribution >= 0.6 is 0 Å². The molecule has 0 aliphatic carbocycles. The Morgan fingerprint density at radius 1 is 1.24 bits per heavy atom. The summed E-state index contributed by atoms with van der Waals surface area (Å²) in [6.45, 7) is 7.81. The first-order valence-corrected chi connectivity index (χ1v) is 9.79. The highest BCUT2D eigenvalue weighted by molar-refractivity contribution is 5.84. The van der Waals surface area contributed by atoms with Crippen LogP contribution in [0.2, 0.25) is 0 Å². The van der Waals surface area contributed by atoms with Gasteiger partial charge in [0.25, 0.3) is 0 Å². The minimum Gasteiger partial charge on any atom is -0.379 e. The minimum absolute atomic E-state index is 0.122. The molecule has 0 aromatic heterocycles. The summed E-state index contributed by atoms with van der Waals surface area (Å²) in [6, 6.07) is 0. The van der Waals surface area contributed by atoms with Crippen molar-refractivity contribution in [3.05, 3.63) is 0 Å². The number of guanidine groups is 1. The van der Waals surface area contributed by atoms with Crippen LogP contribution in [0.4, 0.5) is 0 Å². The van der Waals surface area contributed by atoms with Gasteiger partial charge in [-0.25, -0.2) is 4.99 Å². The van der Waals surface area contributed by atoms with Gasteiger partial charge in [0.05, 0.1) is 12.7 Å². The number of amides is 1. The van der Waals surface area contributed by atoms with E-state index < -0.39 is 0 Å². The standard InChI is InChI=1S/C18H34N4O3/c1-2-19-18(21-14-17(23)22-10-4-3-5-11-22)20-9-7-12-24-15-16-8-6-13-25-16/h16H,2-15H2,1H3,(H2,19,20,21). The maximum absolute atomic E-state index is 12.2. The molecule has 7 heteroatoms. The SMILES string of the molecule is CCNC(=NCC(=O)N1CCCCC1)NCCCOCC1CCCO1. The van der Waals surface area contributed by atoms with E-state index in [0.29, 0.717) is 19.2 Å². The summed E-state index contributed by atoms with van der Waals surface area (Å²) < 4.78 is 11.2. The van der Waals surface area contributed by atoms with Crippen molar-refractivity contribution in [2.75, 3.05) is 52.5 Å². The molecule has 1 amide bonds. The number of piperidine rings is 1. The summed E-state index contributed by atoms with van der Waals surface area (Å²) in [4.78, 5) is 18.5. The maximum Gasteiger partial charge on any atom is 0.244 e. The highest BCUT2D eigenvalue weighted by Crippen LogP contribution is 2.11. The summed E-state index contributed by atoms with van der Waals surface area (Å²) in [5.41, 5.74) is 0. The molecule has 2 N–H and O–H groups in total. The van der Waals surface area contributed by atoms with Gasteiger partial charge in [0.15, 0.2) is 5.96 Å². The lowest BCUT2D eigenvalue weighted by molar-refractivity contribution is -0.130. The number of nitrogens with zero attached hydrogens (tertiary/aromatic N) is 2. The van der Waals surface area contributed by atoms with Crippen LogP contribution in [0.3, 0.4) is 0 Å². The van der Waals surface area contributed by atoms with Crippen LogP contribution in [-0.4, -0.2) is 75.4 Å². The Labute approximate surface area is 151 Å². The summed E-state index contributed by atoms with van der Waals surface area (Å²) in [6.07, 6.45) is 6.89. The monoisotopic (exact) mass is 354 g/mol. The predicted octanol–water partition coefficient (Wildman–Crippen LogP) is 1.14. The van der Waals surface area contributed by atoms with Crippen molar-refractivity contribution < 1.29 is 14.3 Å². The van der Waals surface area contributed by atoms with E-state index in [1.807, 2.05) is 11.8 Å². The number of rotatable bonds is 9. The highest BCUT2D eigenvalue weighted by Gasteiger charge is 2.16. The van der Waals surface area contributed by atoms with E-state index in [1.165, 1.54) is 6.42 Å². The van der Waals surface area contributed by atoms with Crippen molar-refractivity contribution in [3.63, 3.8) is 0 Å². The number of ether oxygens (including phenoxy) is 2. The van der Waals surface area contributed by atoms with Crippen LogP contribution in [-0.2, 0) is 14.3 Å². The molecule has 0 saturated carbocycles. The van der Waals surface area contributed by atoms with Gasteiger partial charge in [0, 0.05) is 39.4 Å². The van der Waals surface area contributed by atoms with Crippen LogP contribution in [0.25, 0.3) is 0 Å². The van der Waals surface area contributed by atoms with Gasteiger partial charge >= 0.3 is 0 Å². The first kappa shape index (κ1) is 20.0. The molecule has 25 heavy (non-hydrogen) atoms. The Kier molecular flexibility index (Phi) is 9.66. The van der Waals surface area contributed by atoms with Gasteiger partial charge in [-0.1, -0.05) is 0 Å². The molecule has 2 heterocycles. The van der Waals surface area contributed by atoms with E-state index in [2.05, 4.69) is 15.6 Å². The zero-order chi connectivity index (χ0) is 17.7. The normalized spacial score (nSPS) is 21.4. The summed E-state index contributed by atoms with van der Waals surface area (Å²) in [5.74, 6) is 0.823. The minimum atomic E-state index is 0.122. The molecule has 0 aromatic rings. The Hall–Kier alpha value is -1.34. The molecule has 2 aliphatic rings. The van der Waals surface area contributed by atoms with Gasteiger partial charge < -0.3 is 25.0 Å². The van der Waals surface area contributed by atoms with Gasteiger partial charge in [0.2, 0.25) is 5.91 Å². The fourth-order valence-electron chi connectivity index (χ4n) is 3.10. The Bertz CT molecular complexity index is 405. The highest BCUT2D eigenvalue weighted by atomic mass is 16.5. The molecule has 2 fully saturated rings. The van der Waals surface area contributed by atoms with E-state index >= 15 is 0 Å². The molecular formula is C18H34N4O3. The quantitative estimate of drug-likeness (QED) is 0.369. The van der Waals surface area contributed by atoms with Gasteiger partial charge in [-0.2, -0.15) is 0 Å². The smallest absolute Gasteiger partial charge is 0.244 e. The molecule has 144 valence electrons. The van der Waals surface area contributed by atoms with Gasteiger partial charge in [-0.15, -0.1) is 0 Å². The largest absolute Gasteiger partial charge is 0.379 e. The van der Waals surface area contributed by atoms with Crippen LogP contribution < -0.4 is 10.6 Å². The average Bonchev–Trinajstić information content (AvgIpc) is 3.16. The van der Waals surface area contributed by atoms with Crippen molar-refractivity contribution >= 4 is 11.9 Å². The number of likely N-dealkylation sites (tertiary alicyclic amines) is 1. The van der Waals surface area contributed by atoms with Gasteiger partial charge in [-0.05, 0) is 45.4 Å². The molecule has 1 atom stereocenters. The number of carbonyl (C=O) groups excluding carboxylic acids is 1. The van der Waals surface area contributed by atoms with Crippen molar-refractivity contribution in [1.82, 2.24) is 15.5 Å². The average molecular weight is 354 g/mol. The predicted molar refractivity (Wildman–Crippen MR) is 98.8 cm³/mol. The summed E-state index contributed by atoms with van der Waals surface area (Å²) >= 11 is 0. The molecule has 0 bridgehead atoms. The Morgan fingerprint density at radius 3 is 2.80 bits per heavy atom. The Balaban J connectivity index is 1.58. The third-order valence-corrected chi connectivity index (χ3v) is 4.51. The second kappa shape index (κ2) is 12.1. The van der Waals surface area contributed by atoms with Gasteiger partial charge in [0.1, 0.15) is 6.54 Å². The van der Waals surface area contributed by atoms with Crippen molar-refractivity contribution in [2.24, 2.45) is 4.99 Å². The first-order chi connectivity index (χ1) is 12.3. The van der Waals surface area contributed by atoms with E-state index in [-0.39, 0.29) is 18.6 Å². The molecule has 7 nitrogen and oxygen atoms in total. The number of carbonyl (C=O) groups is 1. The molecule has 2 saturated heterocycles. The topological polar surface area (TPSA) is 75.2 Å². The van der Waals surface area contributed by atoms with Crippen LogP contribution in [0, 0.1) is 0 Å². The number of aliphatic imine (C=N–C) groups is 1. The van der Waals surface area contributed by atoms with E-state index in [4.69, 9.17) is 9.47 Å². The lowest BCUT2D eigenvalue weighted by Gasteiger charge is -2.26. The lowest BCUT2D eigenvalue weighted by atomic mass is 10.1. The number of hydrogen-bond acceptors (Lipinski definition) is 4. The maximum atomic E-state index is 12.2. The van der Waals surface area contributed by atoms with Crippen molar-refractivity contribution in [1.29, 1.82) is 0 Å². The van der Waals surface area contributed by atoms with Crippen LogP contribution in [0.5, 0.6) is 0 Å². The van der Waals surface area contributed by atoms with Crippen molar-refractivity contribution in [2.45, 2.75) is 51.6 Å². The summed E-state index contributed by atoms with van der Waals surface area (Å²) in [5, 5.41) is 6.45. The fraction of sp³-hybridized carbons (Fsp3) is 0.889. The summed E-state index contributed by atoms with van der Waals surface area (Å²) in [7, 11) is 0. The fourth-order valence-corrected chi connectivity index (χ4v) is 3.10. The zero-order valence-electron chi connectivity index (χ0n) is 15.6. The van der Waals surface area contributed by atoms with Crippen LogP contribution in [0.15, 0.2) is 4.99 Å². The first-order valence-electron chi connectivity index (χ1n) is 9.79. The van der Waals surface area contributed by atoms with Crippen LogP contribution in [0.1, 0.15) is 45.4 Å². The molecule has 0 radical (unpaired) electrons. The number of hydrogen-bond donors (Lipinski definition) is 2. The van der Waals surface area contributed by atoms with Crippen molar-refractivity contribution in [3.8, 4) is 0 Å². The molecule has 2 rings (SSSR count). The van der Waals surface area contributed by atoms with E-state index in [0.717, 1.165) is 64.9 Å². The molecule has 1 unspecified atom stereocenters. The third kappa shape index (κ3) is 8.05. The molecule has 0 spiro atoms. The molecule has 0 aromatic carbocycles. The lowest BCUT2D eigenvalue weighted by Crippen LogP contribution is -2.41. The Morgan fingerprint density at radius 2 is 2.08 bits per heavy atom. The zero-order valence-corrected chi connectivity index (χ0v) is 15.6. The van der Waals surface area contributed by atoms with E-state index in [1.54, 1.807) is 0 Å². The van der Waals surface area contributed by atoms with E-state index in [9.17, 15) is 4.79 Å². The second-order valence-corrected chi connectivity index (χ2v) is 6.63. The third-order valence-electron chi connectivity index (χ3n) is 4.51. The number of nitrogens with one attached hydrogen (secondary N) is 2. The molecular weight excluding hydrogens is 320 g/mol. The molecule has 2 aliphatic heterocycles. The second-order valence-electron chi connectivity index (χ2n) is 6.63. The van der Waals surface area contributed by atoms with Gasteiger partial charge in [-0.3, -0.25) is 4.79 Å².